The van der Waals surface area contributed by atoms with Crippen LogP contribution in [0.5, 0.6) is 0 Å². The van der Waals surface area contributed by atoms with Crippen molar-refractivity contribution in [2.24, 2.45) is 0 Å². The van der Waals surface area contributed by atoms with Gasteiger partial charge in [0.05, 0.1) is 11.6 Å². The number of hydrogen-bond donors (Lipinski definition) is 2. The largest absolute Gasteiger partial charge is 0.394 e. The molecule has 0 radical (unpaired) electrons. The van der Waals surface area contributed by atoms with E-state index in [9.17, 15) is 0 Å². The Morgan fingerprint density at radius 3 is 2.44 bits per heavy atom. The predicted octanol–water partition coefficient (Wildman–Crippen LogP) is 0.694. The molecule has 0 spiro atoms. The van der Waals surface area contributed by atoms with E-state index in [2.05, 4.69) is 5.32 Å². The molecule has 0 fully saturated rings. The van der Waals surface area contributed by atoms with Gasteiger partial charge in [-0.25, -0.2) is 0 Å². The molecular weight excluding hydrogens is 134 g/mol. The molecule has 9 heavy (non-hydrogen) atoms. The third-order valence-electron chi connectivity index (χ3n) is 1.12. The van der Waals surface area contributed by atoms with Crippen molar-refractivity contribution in [2.45, 2.75) is 26.3 Å². The summed E-state index contributed by atoms with van der Waals surface area (Å²) >= 11 is 4.78. The number of thiocarbonyl (C=S) groups is 1. The highest BCUT2D eigenvalue weighted by atomic mass is 32.1. The maximum absolute atomic E-state index is 8.65. The van der Waals surface area contributed by atoms with Crippen molar-refractivity contribution in [3.05, 3.63) is 0 Å². The monoisotopic (exact) mass is 147 g/mol. The molecule has 0 amide bonds. The van der Waals surface area contributed by atoms with Gasteiger partial charge in [-0.3, -0.25) is 0 Å². The summed E-state index contributed by atoms with van der Waals surface area (Å²) in [4.78, 5) is 0.746. The second-order valence-corrected chi connectivity index (χ2v) is 2.60. The second kappa shape index (κ2) is 4.70. The first-order valence-electron chi connectivity index (χ1n) is 3.08. The summed E-state index contributed by atoms with van der Waals surface area (Å²) in [6.07, 6.45) is 0.907. The molecule has 0 aliphatic rings. The number of aliphatic hydroxyl groups is 1. The number of rotatable bonds is 3. The molecule has 0 saturated heterocycles. The molecule has 0 aromatic rings. The van der Waals surface area contributed by atoms with Crippen LogP contribution in [0.25, 0.3) is 0 Å². The van der Waals surface area contributed by atoms with Gasteiger partial charge < -0.3 is 10.4 Å². The second-order valence-electron chi connectivity index (χ2n) is 1.99. The van der Waals surface area contributed by atoms with Gasteiger partial charge in [0.2, 0.25) is 0 Å². The molecule has 0 aliphatic heterocycles. The van der Waals surface area contributed by atoms with Crippen LogP contribution in [0.3, 0.4) is 0 Å². The van der Waals surface area contributed by atoms with E-state index < -0.39 is 0 Å². The Kier molecular flexibility index (Phi) is 4.62. The highest BCUT2D eigenvalue weighted by molar-refractivity contribution is 7.80. The van der Waals surface area contributed by atoms with E-state index in [-0.39, 0.29) is 12.6 Å². The van der Waals surface area contributed by atoms with Gasteiger partial charge in [0, 0.05) is 6.04 Å². The molecule has 0 aromatic carbocycles. The molecule has 2 nitrogen and oxygen atoms in total. The van der Waals surface area contributed by atoms with Gasteiger partial charge in [0.15, 0.2) is 0 Å². The van der Waals surface area contributed by atoms with Crippen LogP contribution in [-0.2, 0) is 0 Å². The summed E-state index contributed by atoms with van der Waals surface area (Å²) in [7, 11) is 0. The average Bonchev–Trinajstić information content (AvgIpc) is 1.82. The van der Waals surface area contributed by atoms with Crippen LogP contribution in [-0.4, -0.2) is 22.7 Å². The van der Waals surface area contributed by atoms with Crippen molar-refractivity contribution >= 4 is 17.2 Å². The Hall–Kier alpha value is -0.150. The minimum Gasteiger partial charge on any atom is -0.394 e. The molecule has 0 rings (SSSR count). The molecule has 0 aromatic heterocycles. The zero-order chi connectivity index (χ0) is 7.28. The molecule has 0 aliphatic carbocycles. The van der Waals surface area contributed by atoms with Crippen molar-refractivity contribution in [1.82, 2.24) is 5.32 Å². The first-order valence-corrected chi connectivity index (χ1v) is 3.49. The fourth-order valence-electron chi connectivity index (χ4n) is 0.564. The van der Waals surface area contributed by atoms with Crippen LogP contribution < -0.4 is 5.32 Å². The summed E-state index contributed by atoms with van der Waals surface area (Å²) in [5.74, 6) is 0. The molecule has 1 unspecified atom stereocenters. The third kappa shape index (κ3) is 4.36. The Bertz CT molecular complexity index is 91.1. The van der Waals surface area contributed by atoms with Crippen molar-refractivity contribution in [2.75, 3.05) is 6.61 Å². The van der Waals surface area contributed by atoms with Crippen molar-refractivity contribution in [3.63, 3.8) is 0 Å². The fraction of sp³-hybridized carbons (Fsp3) is 0.833. The van der Waals surface area contributed by atoms with E-state index in [1.807, 2.05) is 13.8 Å². The van der Waals surface area contributed by atoms with E-state index in [0.29, 0.717) is 0 Å². The zero-order valence-electron chi connectivity index (χ0n) is 5.85. The van der Waals surface area contributed by atoms with Gasteiger partial charge in [0.25, 0.3) is 0 Å². The molecular formula is C6H13NOS. The Balaban J connectivity index is 3.43. The van der Waals surface area contributed by atoms with Gasteiger partial charge in [-0.15, -0.1) is 0 Å². The van der Waals surface area contributed by atoms with Crippen molar-refractivity contribution < 1.29 is 5.11 Å². The van der Waals surface area contributed by atoms with E-state index in [4.69, 9.17) is 17.3 Å². The minimum absolute atomic E-state index is 0.141. The molecule has 54 valence electrons. The SMILES string of the molecule is CCC(CO)NC(C)=S. The van der Waals surface area contributed by atoms with Crippen molar-refractivity contribution in [3.8, 4) is 0 Å². The van der Waals surface area contributed by atoms with Crippen LogP contribution in [0.2, 0.25) is 0 Å². The van der Waals surface area contributed by atoms with Gasteiger partial charge in [0.1, 0.15) is 0 Å². The van der Waals surface area contributed by atoms with Crippen molar-refractivity contribution in [1.29, 1.82) is 0 Å². The Morgan fingerprint density at radius 2 is 2.33 bits per heavy atom. The number of aliphatic hydroxyl groups excluding tert-OH is 1. The van der Waals surface area contributed by atoms with Crippen LogP contribution >= 0.6 is 12.2 Å². The normalized spacial score (nSPS) is 12.8. The first-order chi connectivity index (χ1) is 4.20. The molecule has 0 heterocycles. The first kappa shape index (κ1) is 8.85. The maximum atomic E-state index is 8.65. The van der Waals surface area contributed by atoms with Crippen LogP contribution in [0.1, 0.15) is 20.3 Å². The lowest BCUT2D eigenvalue weighted by Crippen LogP contribution is -2.34. The lowest BCUT2D eigenvalue weighted by atomic mass is 10.2. The molecule has 0 saturated carbocycles. The number of nitrogens with one attached hydrogen (secondary N) is 1. The maximum Gasteiger partial charge on any atom is 0.0724 e. The number of hydrogen-bond acceptors (Lipinski definition) is 2. The topological polar surface area (TPSA) is 32.3 Å². The molecule has 2 N–H and O–H groups in total. The van der Waals surface area contributed by atoms with Crippen LogP contribution in [0.15, 0.2) is 0 Å². The summed E-state index contributed by atoms with van der Waals surface area (Å²) in [6, 6.07) is 0.141. The third-order valence-corrected chi connectivity index (χ3v) is 1.24. The minimum atomic E-state index is 0.141. The van der Waals surface area contributed by atoms with Gasteiger partial charge in [-0.2, -0.15) is 0 Å². The van der Waals surface area contributed by atoms with Crippen LogP contribution in [0, 0.1) is 0 Å². The van der Waals surface area contributed by atoms with Gasteiger partial charge in [-0.05, 0) is 13.3 Å². The van der Waals surface area contributed by atoms with E-state index >= 15 is 0 Å². The van der Waals surface area contributed by atoms with E-state index in [0.717, 1.165) is 11.4 Å². The van der Waals surface area contributed by atoms with Gasteiger partial charge in [-0.1, -0.05) is 19.1 Å². The average molecular weight is 147 g/mol. The molecule has 1 atom stereocenters. The summed E-state index contributed by atoms with van der Waals surface area (Å²) in [5, 5.41) is 11.6. The molecule has 0 bridgehead atoms. The standard InChI is InChI=1S/C6H13NOS/c1-3-6(4-8)7-5(2)9/h6,8H,3-4H2,1-2H3,(H,7,9). The lowest BCUT2D eigenvalue weighted by Gasteiger charge is -2.12. The molecule has 3 heteroatoms. The smallest absolute Gasteiger partial charge is 0.0724 e. The van der Waals surface area contributed by atoms with Crippen LogP contribution in [0.4, 0.5) is 0 Å². The Morgan fingerprint density at radius 1 is 1.78 bits per heavy atom. The summed E-state index contributed by atoms with van der Waals surface area (Å²) in [6.45, 7) is 3.98. The van der Waals surface area contributed by atoms with E-state index in [1.165, 1.54) is 0 Å². The Labute approximate surface area is 61.3 Å². The lowest BCUT2D eigenvalue weighted by molar-refractivity contribution is 0.253. The summed E-state index contributed by atoms with van der Waals surface area (Å²) < 4.78 is 0. The van der Waals surface area contributed by atoms with Gasteiger partial charge >= 0.3 is 0 Å². The quantitative estimate of drug-likeness (QED) is 0.576. The summed E-state index contributed by atoms with van der Waals surface area (Å²) in [5.41, 5.74) is 0. The highest BCUT2D eigenvalue weighted by Gasteiger charge is 2.01. The van der Waals surface area contributed by atoms with E-state index in [1.54, 1.807) is 0 Å². The zero-order valence-corrected chi connectivity index (χ0v) is 6.66. The highest BCUT2D eigenvalue weighted by Crippen LogP contribution is 1.87. The fourth-order valence-corrected chi connectivity index (χ4v) is 0.731. The predicted molar refractivity (Wildman–Crippen MR) is 42.6 cm³/mol.